The molecule has 0 spiro atoms. The third-order valence-electron chi connectivity index (χ3n) is 2.34. The molecule has 1 aromatic carbocycles. The zero-order valence-electron chi connectivity index (χ0n) is 7.10. The van der Waals surface area contributed by atoms with E-state index < -0.39 is 0 Å². The van der Waals surface area contributed by atoms with E-state index in [0.29, 0.717) is 0 Å². The second kappa shape index (κ2) is 3.06. The molecule has 0 N–H and O–H groups in total. The summed E-state index contributed by atoms with van der Waals surface area (Å²) in [6.07, 6.45) is 6.69. The van der Waals surface area contributed by atoms with E-state index in [1.54, 1.807) is 0 Å². The molecule has 0 atom stereocenters. The van der Waals surface area contributed by atoms with Crippen LogP contribution in [0.2, 0.25) is 0 Å². The predicted octanol–water partition coefficient (Wildman–Crippen LogP) is 3.58. The lowest BCUT2D eigenvalue weighted by Crippen LogP contribution is -1.91. The summed E-state index contributed by atoms with van der Waals surface area (Å²) >= 11 is 3.52. The Bertz CT molecular complexity index is 337. The summed E-state index contributed by atoms with van der Waals surface area (Å²) in [7, 11) is 0. The summed E-state index contributed by atoms with van der Waals surface area (Å²) in [5.41, 5.74) is 4.38. The van der Waals surface area contributed by atoms with Crippen LogP contribution in [-0.2, 0) is 12.8 Å². The van der Waals surface area contributed by atoms with E-state index in [1.807, 2.05) is 0 Å². The Balaban J connectivity index is 2.59. The van der Waals surface area contributed by atoms with Crippen LogP contribution in [0.15, 0.2) is 22.7 Å². The molecule has 0 unspecified atom stereocenters. The molecule has 0 bridgehead atoms. The highest BCUT2D eigenvalue weighted by Gasteiger charge is 2.09. The topological polar surface area (TPSA) is 0 Å². The molecule has 1 aliphatic carbocycles. The monoisotopic (exact) mass is 222 g/mol. The first-order valence-electron chi connectivity index (χ1n) is 4.29. The molecule has 0 aromatic heterocycles. The fraction of sp³-hybridized carbons (Fsp3) is 0.273. The van der Waals surface area contributed by atoms with E-state index in [2.05, 4.69) is 47.1 Å². The Morgan fingerprint density at radius 1 is 1.42 bits per heavy atom. The summed E-state index contributed by atoms with van der Waals surface area (Å²) in [5, 5.41) is 0. The van der Waals surface area contributed by atoms with Crippen LogP contribution in [0.1, 0.15) is 23.6 Å². The minimum Gasteiger partial charge on any atom is -0.0795 e. The van der Waals surface area contributed by atoms with Gasteiger partial charge in [-0.2, -0.15) is 0 Å². The molecule has 1 heteroatoms. The smallest absolute Gasteiger partial charge is 0.0184 e. The maximum absolute atomic E-state index is 3.52. The Morgan fingerprint density at radius 3 is 3.00 bits per heavy atom. The first kappa shape index (κ1) is 8.06. The zero-order chi connectivity index (χ0) is 8.55. The molecule has 12 heavy (non-hydrogen) atoms. The van der Waals surface area contributed by atoms with Crippen molar-refractivity contribution in [3.05, 3.63) is 39.4 Å². The number of hydrogen-bond donors (Lipinski definition) is 0. The Kier molecular flexibility index (Phi) is 2.05. The number of halogens is 1. The van der Waals surface area contributed by atoms with Crippen LogP contribution in [0.3, 0.4) is 0 Å². The summed E-state index contributed by atoms with van der Waals surface area (Å²) in [5.74, 6) is 0. The first-order valence-corrected chi connectivity index (χ1v) is 5.08. The Labute approximate surface area is 81.4 Å². The average molecular weight is 223 g/mol. The molecule has 0 heterocycles. The SMILES string of the molecule is CCc1cc(Br)cc2c1CC=C2. The van der Waals surface area contributed by atoms with Crippen molar-refractivity contribution in [1.82, 2.24) is 0 Å². The van der Waals surface area contributed by atoms with Gasteiger partial charge in [0.25, 0.3) is 0 Å². The Morgan fingerprint density at radius 2 is 2.25 bits per heavy atom. The maximum atomic E-state index is 3.52. The highest BCUT2D eigenvalue weighted by Crippen LogP contribution is 2.27. The lowest BCUT2D eigenvalue weighted by molar-refractivity contribution is 1.08. The molecule has 0 radical (unpaired) electrons. The molecule has 2 rings (SSSR count). The van der Waals surface area contributed by atoms with Gasteiger partial charge < -0.3 is 0 Å². The van der Waals surface area contributed by atoms with Crippen LogP contribution in [-0.4, -0.2) is 0 Å². The van der Waals surface area contributed by atoms with Crippen molar-refractivity contribution in [3.63, 3.8) is 0 Å². The van der Waals surface area contributed by atoms with Gasteiger partial charge in [0, 0.05) is 4.47 Å². The van der Waals surface area contributed by atoms with Gasteiger partial charge in [-0.15, -0.1) is 0 Å². The van der Waals surface area contributed by atoms with Crippen LogP contribution < -0.4 is 0 Å². The van der Waals surface area contributed by atoms with Crippen molar-refractivity contribution < 1.29 is 0 Å². The lowest BCUT2D eigenvalue weighted by Gasteiger charge is -2.06. The van der Waals surface area contributed by atoms with Crippen molar-refractivity contribution in [2.45, 2.75) is 19.8 Å². The summed E-state index contributed by atoms with van der Waals surface area (Å²) in [4.78, 5) is 0. The number of hydrogen-bond acceptors (Lipinski definition) is 0. The molecule has 0 saturated carbocycles. The number of benzene rings is 1. The minimum absolute atomic E-state index is 1.12. The van der Waals surface area contributed by atoms with Crippen molar-refractivity contribution in [3.8, 4) is 0 Å². The fourth-order valence-electron chi connectivity index (χ4n) is 1.73. The predicted molar refractivity (Wildman–Crippen MR) is 56.3 cm³/mol. The van der Waals surface area contributed by atoms with E-state index in [9.17, 15) is 0 Å². The van der Waals surface area contributed by atoms with E-state index in [0.717, 1.165) is 12.8 Å². The summed E-state index contributed by atoms with van der Waals surface area (Å²) in [6.45, 7) is 2.21. The van der Waals surface area contributed by atoms with Crippen LogP contribution >= 0.6 is 15.9 Å². The number of rotatable bonds is 1. The first-order chi connectivity index (χ1) is 5.81. The largest absolute Gasteiger partial charge is 0.0795 e. The lowest BCUT2D eigenvalue weighted by atomic mass is 10.0. The van der Waals surface area contributed by atoms with Gasteiger partial charge >= 0.3 is 0 Å². The van der Waals surface area contributed by atoms with Crippen LogP contribution in [0.4, 0.5) is 0 Å². The molecular formula is C11H11Br. The number of allylic oxidation sites excluding steroid dienone is 1. The number of aryl methyl sites for hydroxylation is 1. The third kappa shape index (κ3) is 1.22. The number of fused-ring (bicyclic) bond motifs is 1. The molecule has 0 saturated heterocycles. The van der Waals surface area contributed by atoms with Gasteiger partial charge in [-0.3, -0.25) is 0 Å². The van der Waals surface area contributed by atoms with E-state index in [1.165, 1.54) is 21.2 Å². The standard InChI is InChI=1S/C11H11Br/c1-2-8-6-10(12)7-9-4-3-5-11(8)9/h3-4,6-7H,2,5H2,1H3. The maximum Gasteiger partial charge on any atom is 0.0184 e. The van der Waals surface area contributed by atoms with Crippen molar-refractivity contribution >= 4 is 22.0 Å². The van der Waals surface area contributed by atoms with Gasteiger partial charge in [-0.25, -0.2) is 0 Å². The zero-order valence-corrected chi connectivity index (χ0v) is 8.69. The molecule has 0 amide bonds. The van der Waals surface area contributed by atoms with Crippen molar-refractivity contribution in [2.24, 2.45) is 0 Å². The quantitative estimate of drug-likeness (QED) is 0.682. The highest BCUT2D eigenvalue weighted by atomic mass is 79.9. The van der Waals surface area contributed by atoms with Crippen LogP contribution in [0.25, 0.3) is 6.08 Å². The molecular weight excluding hydrogens is 212 g/mol. The molecule has 1 aromatic rings. The highest BCUT2D eigenvalue weighted by molar-refractivity contribution is 9.10. The average Bonchev–Trinajstić information content (AvgIpc) is 2.50. The molecule has 1 aliphatic rings. The van der Waals surface area contributed by atoms with Gasteiger partial charge in [-0.05, 0) is 41.7 Å². The molecule has 0 nitrogen and oxygen atoms in total. The van der Waals surface area contributed by atoms with Crippen LogP contribution in [0.5, 0.6) is 0 Å². The molecule has 0 fully saturated rings. The molecule has 62 valence electrons. The van der Waals surface area contributed by atoms with Gasteiger partial charge in [0.15, 0.2) is 0 Å². The van der Waals surface area contributed by atoms with Gasteiger partial charge in [0.2, 0.25) is 0 Å². The normalized spacial score (nSPS) is 13.5. The van der Waals surface area contributed by atoms with E-state index in [4.69, 9.17) is 0 Å². The summed E-state index contributed by atoms with van der Waals surface area (Å²) in [6, 6.07) is 4.42. The van der Waals surface area contributed by atoms with Gasteiger partial charge in [0.1, 0.15) is 0 Å². The minimum atomic E-state index is 1.12. The third-order valence-corrected chi connectivity index (χ3v) is 2.80. The van der Waals surface area contributed by atoms with Gasteiger partial charge in [0.05, 0.1) is 0 Å². The molecule has 0 aliphatic heterocycles. The Hall–Kier alpha value is -0.560. The fourth-order valence-corrected chi connectivity index (χ4v) is 2.26. The van der Waals surface area contributed by atoms with Crippen molar-refractivity contribution in [1.29, 1.82) is 0 Å². The summed E-state index contributed by atoms with van der Waals surface area (Å²) < 4.78 is 1.20. The van der Waals surface area contributed by atoms with Crippen molar-refractivity contribution in [2.75, 3.05) is 0 Å². The van der Waals surface area contributed by atoms with E-state index >= 15 is 0 Å². The van der Waals surface area contributed by atoms with Crippen LogP contribution in [0, 0.1) is 0 Å². The second-order valence-electron chi connectivity index (χ2n) is 3.09. The second-order valence-corrected chi connectivity index (χ2v) is 4.01. The van der Waals surface area contributed by atoms with Gasteiger partial charge in [-0.1, -0.05) is 35.0 Å². The van der Waals surface area contributed by atoms with E-state index in [-0.39, 0.29) is 0 Å².